The Balaban J connectivity index is 1.80. The highest BCUT2D eigenvalue weighted by atomic mass is 16.3. The summed E-state index contributed by atoms with van der Waals surface area (Å²) in [5.74, 6) is -0.0251. The van der Waals surface area contributed by atoms with E-state index in [0.717, 1.165) is 11.1 Å². The molecule has 1 aromatic carbocycles. The van der Waals surface area contributed by atoms with Gasteiger partial charge < -0.3 is 10.0 Å². The third-order valence-electron chi connectivity index (χ3n) is 4.49. The molecule has 1 amide bonds. The molecule has 1 fully saturated rings. The van der Waals surface area contributed by atoms with E-state index in [-0.39, 0.29) is 5.91 Å². The average Bonchev–Trinajstić information content (AvgIpc) is 2.94. The first-order valence-corrected chi connectivity index (χ1v) is 7.49. The third-order valence-corrected chi connectivity index (χ3v) is 4.49. The van der Waals surface area contributed by atoms with Crippen LogP contribution in [-0.4, -0.2) is 34.0 Å². The van der Waals surface area contributed by atoms with E-state index in [1.807, 2.05) is 38.1 Å². The molecule has 114 valence electrons. The molecule has 0 aliphatic carbocycles. The van der Waals surface area contributed by atoms with Gasteiger partial charge in [-0.25, -0.2) is 0 Å². The molecule has 4 nitrogen and oxygen atoms in total. The van der Waals surface area contributed by atoms with Crippen LogP contribution in [0, 0.1) is 13.8 Å². The minimum absolute atomic E-state index is 0.0251. The molecule has 4 heteroatoms. The van der Waals surface area contributed by atoms with Crippen LogP contribution in [0.2, 0.25) is 0 Å². The molecule has 1 atom stereocenters. The second-order valence-corrected chi connectivity index (χ2v) is 6.05. The van der Waals surface area contributed by atoms with Gasteiger partial charge in [-0.1, -0.05) is 12.1 Å². The van der Waals surface area contributed by atoms with Crippen LogP contribution in [0.1, 0.15) is 33.5 Å². The molecule has 0 radical (unpaired) electrons. The van der Waals surface area contributed by atoms with Gasteiger partial charge in [0.15, 0.2) is 0 Å². The lowest BCUT2D eigenvalue weighted by atomic mass is 9.95. The number of carbonyl (C=O) groups is 1. The van der Waals surface area contributed by atoms with Gasteiger partial charge in [0.25, 0.3) is 5.91 Å². The van der Waals surface area contributed by atoms with Crippen molar-refractivity contribution in [2.75, 3.05) is 13.1 Å². The number of aromatic nitrogens is 1. The van der Waals surface area contributed by atoms with E-state index < -0.39 is 5.60 Å². The maximum Gasteiger partial charge on any atom is 0.253 e. The molecule has 1 aliphatic heterocycles. The zero-order valence-electron chi connectivity index (χ0n) is 12.9. The quantitative estimate of drug-likeness (QED) is 0.926. The molecule has 0 saturated carbocycles. The van der Waals surface area contributed by atoms with Crippen LogP contribution in [0.25, 0.3) is 0 Å². The normalized spacial score (nSPS) is 21.1. The van der Waals surface area contributed by atoms with Crippen molar-refractivity contribution in [3.05, 3.63) is 65.0 Å². The molecule has 0 spiro atoms. The van der Waals surface area contributed by atoms with Gasteiger partial charge in [-0.05, 0) is 49.6 Å². The Hall–Kier alpha value is -2.20. The van der Waals surface area contributed by atoms with Gasteiger partial charge in [0, 0.05) is 30.1 Å². The lowest BCUT2D eigenvalue weighted by Crippen LogP contribution is -2.34. The smallest absolute Gasteiger partial charge is 0.253 e. The second-order valence-electron chi connectivity index (χ2n) is 6.05. The molecule has 1 aliphatic rings. The summed E-state index contributed by atoms with van der Waals surface area (Å²) in [5, 5.41) is 10.8. The summed E-state index contributed by atoms with van der Waals surface area (Å²) in [6, 6.07) is 9.40. The fourth-order valence-electron chi connectivity index (χ4n) is 2.90. The highest BCUT2D eigenvalue weighted by Crippen LogP contribution is 2.32. The molecule has 1 N–H and O–H groups in total. The van der Waals surface area contributed by atoms with Crippen LogP contribution < -0.4 is 0 Å². The largest absolute Gasteiger partial charge is 0.383 e. The van der Waals surface area contributed by atoms with E-state index in [2.05, 4.69) is 4.98 Å². The van der Waals surface area contributed by atoms with Gasteiger partial charge in [-0.2, -0.15) is 0 Å². The lowest BCUT2D eigenvalue weighted by molar-refractivity contribution is 0.0415. The van der Waals surface area contributed by atoms with Crippen LogP contribution in [-0.2, 0) is 5.60 Å². The summed E-state index contributed by atoms with van der Waals surface area (Å²) >= 11 is 0. The molecular weight excluding hydrogens is 276 g/mol. The summed E-state index contributed by atoms with van der Waals surface area (Å²) in [6.45, 7) is 4.89. The standard InChI is InChI=1S/C18H20N2O2/c1-13-5-6-15(10-14(13)2)17(21)20-9-7-18(22,12-20)16-4-3-8-19-11-16/h3-6,8,10-11,22H,7,9,12H2,1-2H3. The third kappa shape index (κ3) is 2.62. The number of pyridine rings is 1. The van der Waals surface area contributed by atoms with Crippen LogP contribution in [0.5, 0.6) is 0 Å². The van der Waals surface area contributed by atoms with Gasteiger partial charge in [-0.3, -0.25) is 9.78 Å². The highest BCUT2D eigenvalue weighted by molar-refractivity contribution is 5.94. The fourth-order valence-corrected chi connectivity index (χ4v) is 2.90. The maximum atomic E-state index is 12.6. The number of nitrogens with zero attached hydrogens (tertiary/aromatic N) is 2. The second kappa shape index (κ2) is 5.54. The Bertz CT molecular complexity index is 699. The average molecular weight is 296 g/mol. The van der Waals surface area contributed by atoms with Crippen molar-refractivity contribution in [2.45, 2.75) is 25.9 Å². The maximum absolute atomic E-state index is 12.6. The zero-order valence-corrected chi connectivity index (χ0v) is 12.9. The summed E-state index contributed by atoms with van der Waals surface area (Å²) in [4.78, 5) is 18.4. The number of amides is 1. The minimum atomic E-state index is -0.996. The molecule has 2 aromatic rings. The topological polar surface area (TPSA) is 53.4 Å². The van der Waals surface area contributed by atoms with Crippen molar-refractivity contribution in [2.24, 2.45) is 0 Å². The number of aliphatic hydroxyl groups is 1. The SMILES string of the molecule is Cc1ccc(C(=O)N2CCC(O)(c3cccnc3)C2)cc1C. The Morgan fingerprint density at radius 3 is 2.77 bits per heavy atom. The van der Waals surface area contributed by atoms with Crippen LogP contribution in [0.3, 0.4) is 0 Å². The number of rotatable bonds is 2. The monoisotopic (exact) mass is 296 g/mol. The van der Waals surface area contributed by atoms with E-state index in [9.17, 15) is 9.90 Å². The minimum Gasteiger partial charge on any atom is -0.383 e. The molecule has 1 saturated heterocycles. The predicted molar refractivity (Wildman–Crippen MR) is 84.6 cm³/mol. The molecule has 0 bridgehead atoms. The number of carbonyl (C=O) groups excluding carboxylic acids is 1. The Kier molecular flexibility index (Phi) is 3.71. The van der Waals surface area contributed by atoms with Crippen molar-refractivity contribution < 1.29 is 9.90 Å². The Morgan fingerprint density at radius 1 is 1.27 bits per heavy atom. The molecule has 2 heterocycles. The number of hydrogen-bond donors (Lipinski definition) is 1. The van der Waals surface area contributed by atoms with Gasteiger partial charge >= 0.3 is 0 Å². The lowest BCUT2D eigenvalue weighted by Gasteiger charge is -2.23. The first kappa shape index (κ1) is 14.7. The number of aryl methyl sites for hydroxylation is 2. The molecular formula is C18H20N2O2. The van der Waals surface area contributed by atoms with E-state index in [1.165, 1.54) is 5.56 Å². The van der Waals surface area contributed by atoms with Crippen molar-refractivity contribution in [3.63, 3.8) is 0 Å². The molecule has 22 heavy (non-hydrogen) atoms. The van der Waals surface area contributed by atoms with Crippen molar-refractivity contribution in [1.29, 1.82) is 0 Å². The van der Waals surface area contributed by atoms with Crippen LogP contribution in [0.4, 0.5) is 0 Å². The van der Waals surface area contributed by atoms with Crippen LogP contribution in [0.15, 0.2) is 42.7 Å². The van der Waals surface area contributed by atoms with Gasteiger partial charge in [0.05, 0.1) is 6.54 Å². The summed E-state index contributed by atoms with van der Waals surface area (Å²) in [7, 11) is 0. The zero-order chi connectivity index (χ0) is 15.7. The molecule has 1 unspecified atom stereocenters. The van der Waals surface area contributed by atoms with Gasteiger partial charge in [0.1, 0.15) is 5.60 Å². The number of benzene rings is 1. The predicted octanol–water partition coefficient (Wildman–Crippen LogP) is 2.43. The number of β-amino-alcohol motifs (C(OH)–C–C–N with tert-alkyl or cyclic N) is 1. The van der Waals surface area contributed by atoms with E-state index >= 15 is 0 Å². The van der Waals surface area contributed by atoms with Crippen molar-refractivity contribution in [3.8, 4) is 0 Å². The first-order valence-electron chi connectivity index (χ1n) is 7.49. The Morgan fingerprint density at radius 2 is 2.09 bits per heavy atom. The van der Waals surface area contributed by atoms with E-state index in [1.54, 1.807) is 23.4 Å². The van der Waals surface area contributed by atoms with Crippen molar-refractivity contribution >= 4 is 5.91 Å². The van der Waals surface area contributed by atoms with Gasteiger partial charge in [-0.15, -0.1) is 0 Å². The summed E-state index contributed by atoms with van der Waals surface area (Å²) < 4.78 is 0. The molecule has 1 aromatic heterocycles. The number of likely N-dealkylation sites (tertiary alicyclic amines) is 1. The summed E-state index contributed by atoms with van der Waals surface area (Å²) in [6.07, 6.45) is 3.89. The number of hydrogen-bond acceptors (Lipinski definition) is 3. The fraction of sp³-hybridized carbons (Fsp3) is 0.333. The first-order chi connectivity index (χ1) is 10.5. The highest BCUT2D eigenvalue weighted by Gasteiger charge is 2.39. The van der Waals surface area contributed by atoms with E-state index in [4.69, 9.17) is 0 Å². The summed E-state index contributed by atoms with van der Waals surface area (Å²) in [5.41, 5.74) is 2.73. The van der Waals surface area contributed by atoms with Gasteiger partial charge in [0.2, 0.25) is 0 Å². The van der Waals surface area contributed by atoms with Crippen molar-refractivity contribution in [1.82, 2.24) is 9.88 Å². The molecule has 3 rings (SSSR count). The van der Waals surface area contributed by atoms with E-state index in [0.29, 0.717) is 25.1 Å². The Labute approximate surface area is 130 Å². The van der Waals surface area contributed by atoms with Crippen LogP contribution >= 0.6 is 0 Å².